The van der Waals surface area contributed by atoms with E-state index in [2.05, 4.69) is 5.32 Å². The molecule has 1 radical (unpaired) electrons. The first-order valence-electron chi connectivity index (χ1n) is 9.41. The van der Waals surface area contributed by atoms with Gasteiger partial charge in [0.25, 0.3) is 0 Å². The molecule has 0 unspecified atom stereocenters. The van der Waals surface area contributed by atoms with E-state index >= 15 is 0 Å². The molecule has 147 valence electrons. The summed E-state index contributed by atoms with van der Waals surface area (Å²) in [4.78, 5) is 26.0. The standard InChI is InChI=1S/C20H30BN2O4/c1-13-16(18(24)26-6)11-14(21-5)12-17(13)22-15-7-9-23(10-8-15)19(25)27-20(2,3)4/h11-12,15,22H,7-10H2,1-6H3. The highest BCUT2D eigenvalue weighted by Crippen LogP contribution is 2.23. The van der Waals surface area contributed by atoms with Gasteiger partial charge in [-0.1, -0.05) is 18.4 Å². The second-order valence-electron chi connectivity index (χ2n) is 7.91. The Balaban J connectivity index is 2.05. The minimum Gasteiger partial charge on any atom is -0.465 e. The first kappa shape index (κ1) is 21.1. The molecule has 7 heteroatoms. The molecule has 0 spiro atoms. The molecule has 0 saturated carbocycles. The van der Waals surface area contributed by atoms with Gasteiger partial charge in [-0.15, -0.1) is 0 Å². The molecule has 0 atom stereocenters. The van der Waals surface area contributed by atoms with Crippen LogP contribution < -0.4 is 10.8 Å². The normalized spacial score (nSPS) is 15.3. The van der Waals surface area contributed by atoms with E-state index in [-0.39, 0.29) is 18.1 Å². The van der Waals surface area contributed by atoms with Gasteiger partial charge in [-0.05, 0) is 52.2 Å². The summed E-state index contributed by atoms with van der Waals surface area (Å²) in [6.07, 6.45) is 1.39. The van der Waals surface area contributed by atoms with Gasteiger partial charge in [0.2, 0.25) is 0 Å². The zero-order valence-corrected chi connectivity index (χ0v) is 17.2. The van der Waals surface area contributed by atoms with Gasteiger partial charge in [-0.3, -0.25) is 0 Å². The molecule has 1 N–H and O–H groups in total. The maximum Gasteiger partial charge on any atom is 0.410 e. The first-order chi connectivity index (χ1) is 12.6. The Bertz CT molecular complexity index is 692. The highest BCUT2D eigenvalue weighted by molar-refractivity contribution is 6.52. The second kappa shape index (κ2) is 8.68. The van der Waals surface area contributed by atoms with Crippen molar-refractivity contribution < 1.29 is 19.1 Å². The number of hydrogen-bond donors (Lipinski definition) is 1. The van der Waals surface area contributed by atoms with Crippen LogP contribution in [0.2, 0.25) is 6.82 Å². The quantitative estimate of drug-likeness (QED) is 0.649. The third-order valence-electron chi connectivity index (χ3n) is 4.67. The SMILES string of the molecule is C[B]c1cc(NC2CCN(C(=O)OC(C)(C)C)CC2)c(C)c(C(=O)OC)c1. The molecule has 1 aromatic carbocycles. The summed E-state index contributed by atoms with van der Waals surface area (Å²) in [6, 6.07) is 4.12. The van der Waals surface area contributed by atoms with Gasteiger partial charge in [-0.25, -0.2) is 9.59 Å². The lowest BCUT2D eigenvalue weighted by Crippen LogP contribution is -2.44. The third-order valence-corrected chi connectivity index (χ3v) is 4.67. The molecule has 1 aromatic rings. The van der Waals surface area contributed by atoms with Gasteiger partial charge in [0.15, 0.2) is 0 Å². The number of esters is 1. The number of carbonyl (C=O) groups is 2. The van der Waals surface area contributed by atoms with Crippen molar-refractivity contribution in [3.05, 3.63) is 23.3 Å². The number of piperidine rings is 1. The lowest BCUT2D eigenvalue weighted by atomic mass is 9.72. The lowest BCUT2D eigenvalue weighted by Gasteiger charge is -2.34. The van der Waals surface area contributed by atoms with Crippen LogP contribution in [0.1, 0.15) is 49.5 Å². The third kappa shape index (κ3) is 5.65. The Morgan fingerprint density at radius 2 is 1.85 bits per heavy atom. The van der Waals surface area contributed by atoms with Gasteiger partial charge < -0.3 is 19.7 Å². The maximum absolute atomic E-state index is 12.2. The van der Waals surface area contributed by atoms with Crippen LogP contribution in [0.15, 0.2) is 12.1 Å². The summed E-state index contributed by atoms with van der Waals surface area (Å²) in [7, 11) is 3.35. The number of carbonyl (C=O) groups excluding carboxylic acids is 2. The molecule has 0 aromatic heterocycles. The monoisotopic (exact) mass is 373 g/mol. The number of ether oxygens (including phenoxy) is 2. The Hall–Kier alpha value is -2.18. The molecule has 1 aliphatic heterocycles. The van der Waals surface area contributed by atoms with E-state index in [4.69, 9.17) is 9.47 Å². The van der Waals surface area contributed by atoms with Crippen LogP contribution in [-0.2, 0) is 9.47 Å². The second-order valence-corrected chi connectivity index (χ2v) is 7.91. The molecule has 0 bridgehead atoms. The zero-order valence-electron chi connectivity index (χ0n) is 17.2. The van der Waals surface area contributed by atoms with E-state index in [0.717, 1.165) is 29.6 Å². The van der Waals surface area contributed by atoms with Crippen LogP contribution in [0.5, 0.6) is 0 Å². The average molecular weight is 373 g/mol. The molecule has 1 amide bonds. The number of rotatable bonds is 4. The predicted octanol–water partition coefficient (Wildman–Crippen LogP) is 2.97. The Labute approximate surface area is 162 Å². The summed E-state index contributed by atoms with van der Waals surface area (Å²) in [5, 5.41) is 3.54. The van der Waals surface area contributed by atoms with E-state index in [1.165, 1.54) is 7.11 Å². The Kier molecular flexibility index (Phi) is 6.79. The smallest absolute Gasteiger partial charge is 0.410 e. The fraction of sp³-hybridized carbons (Fsp3) is 0.600. The van der Waals surface area contributed by atoms with Gasteiger partial charge in [-0.2, -0.15) is 0 Å². The fourth-order valence-electron chi connectivity index (χ4n) is 3.13. The van der Waals surface area contributed by atoms with Crippen molar-refractivity contribution in [2.24, 2.45) is 0 Å². The summed E-state index contributed by atoms with van der Waals surface area (Å²) in [5.74, 6) is -0.334. The van der Waals surface area contributed by atoms with Gasteiger partial charge in [0.05, 0.1) is 12.7 Å². The number of benzene rings is 1. The Morgan fingerprint density at radius 3 is 2.37 bits per heavy atom. The summed E-state index contributed by atoms with van der Waals surface area (Å²) < 4.78 is 10.3. The highest BCUT2D eigenvalue weighted by Gasteiger charge is 2.27. The lowest BCUT2D eigenvalue weighted by molar-refractivity contribution is 0.0210. The Morgan fingerprint density at radius 1 is 1.22 bits per heavy atom. The van der Waals surface area contributed by atoms with Crippen molar-refractivity contribution in [2.75, 3.05) is 25.5 Å². The van der Waals surface area contributed by atoms with Gasteiger partial charge in [0, 0.05) is 24.8 Å². The van der Waals surface area contributed by atoms with Gasteiger partial charge in [0.1, 0.15) is 12.9 Å². The van der Waals surface area contributed by atoms with E-state index in [9.17, 15) is 9.59 Å². The van der Waals surface area contributed by atoms with Crippen LogP contribution in [0.25, 0.3) is 0 Å². The number of amides is 1. The number of anilines is 1. The molecule has 1 fully saturated rings. The van der Waals surface area contributed by atoms with Crippen LogP contribution in [0.3, 0.4) is 0 Å². The molecule has 1 heterocycles. The molecule has 1 saturated heterocycles. The summed E-state index contributed by atoms with van der Waals surface area (Å²) in [5.41, 5.74) is 2.87. The van der Waals surface area contributed by atoms with Crippen LogP contribution >= 0.6 is 0 Å². The number of nitrogens with one attached hydrogen (secondary N) is 1. The van der Waals surface area contributed by atoms with Crippen molar-refractivity contribution in [3.63, 3.8) is 0 Å². The average Bonchev–Trinajstić information content (AvgIpc) is 2.61. The van der Waals surface area contributed by atoms with E-state index in [0.29, 0.717) is 18.7 Å². The molecule has 27 heavy (non-hydrogen) atoms. The molecular formula is C20H30BN2O4. The maximum atomic E-state index is 12.2. The van der Waals surface area contributed by atoms with E-state index < -0.39 is 5.60 Å². The van der Waals surface area contributed by atoms with E-state index in [1.54, 1.807) is 4.90 Å². The number of methoxy groups -OCH3 is 1. The zero-order chi connectivity index (χ0) is 20.2. The van der Waals surface area contributed by atoms with Crippen molar-refractivity contribution in [2.45, 2.75) is 59.0 Å². The highest BCUT2D eigenvalue weighted by atomic mass is 16.6. The fourth-order valence-corrected chi connectivity index (χ4v) is 3.13. The van der Waals surface area contributed by atoms with Crippen molar-refractivity contribution in [1.82, 2.24) is 4.90 Å². The topological polar surface area (TPSA) is 67.9 Å². The van der Waals surface area contributed by atoms with Crippen molar-refractivity contribution in [3.8, 4) is 0 Å². The van der Waals surface area contributed by atoms with Crippen molar-refractivity contribution in [1.29, 1.82) is 0 Å². The minimum atomic E-state index is -0.481. The number of hydrogen-bond acceptors (Lipinski definition) is 5. The summed E-state index contributed by atoms with van der Waals surface area (Å²) >= 11 is 0. The van der Waals surface area contributed by atoms with Crippen LogP contribution in [0, 0.1) is 6.92 Å². The van der Waals surface area contributed by atoms with E-state index in [1.807, 2.05) is 53.9 Å². The molecule has 6 nitrogen and oxygen atoms in total. The molecule has 0 aliphatic carbocycles. The molecule has 1 aliphatic rings. The number of likely N-dealkylation sites (tertiary alicyclic amines) is 1. The molecule has 2 rings (SSSR count). The largest absolute Gasteiger partial charge is 0.465 e. The predicted molar refractivity (Wildman–Crippen MR) is 108 cm³/mol. The minimum absolute atomic E-state index is 0.236. The van der Waals surface area contributed by atoms with Crippen LogP contribution in [0.4, 0.5) is 10.5 Å². The summed E-state index contributed by atoms with van der Waals surface area (Å²) in [6.45, 7) is 10.8. The van der Waals surface area contributed by atoms with Crippen molar-refractivity contribution >= 4 is 30.5 Å². The van der Waals surface area contributed by atoms with Gasteiger partial charge >= 0.3 is 12.1 Å². The number of nitrogens with zero attached hydrogens (tertiary/aromatic N) is 1. The first-order valence-corrected chi connectivity index (χ1v) is 9.41. The van der Waals surface area contributed by atoms with Crippen LogP contribution in [-0.4, -0.2) is 56.1 Å². The molecular weight excluding hydrogens is 343 g/mol.